The largest absolute Gasteiger partial charge is 0.378 e. The van der Waals surface area contributed by atoms with Crippen molar-refractivity contribution in [2.45, 2.75) is 71.1 Å². The Hall–Kier alpha value is -2.94. The second kappa shape index (κ2) is 11.4. The maximum absolute atomic E-state index is 13.7. The average Bonchev–Trinajstić information content (AvgIpc) is 3.38. The van der Waals surface area contributed by atoms with Gasteiger partial charge in [-0.05, 0) is 55.4 Å². The molecule has 1 aromatic rings. The van der Waals surface area contributed by atoms with E-state index in [1.807, 2.05) is 58.8 Å². The Morgan fingerprint density at radius 2 is 1.61 bits per heavy atom. The summed E-state index contributed by atoms with van der Waals surface area (Å²) in [4.78, 5) is 57.7. The molecule has 2 fully saturated rings. The van der Waals surface area contributed by atoms with E-state index in [2.05, 4.69) is 5.32 Å². The molecule has 2 saturated heterocycles. The van der Waals surface area contributed by atoms with Gasteiger partial charge in [-0.1, -0.05) is 27.7 Å². The third-order valence-electron chi connectivity index (χ3n) is 6.99. The van der Waals surface area contributed by atoms with E-state index in [-0.39, 0.29) is 47.9 Å². The molecule has 36 heavy (non-hydrogen) atoms. The quantitative estimate of drug-likeness (QED) is 0.534. The number of nitrogens with two attached hydrogens (primary N) is 1. The average molecular weight is 500 g/mol. The smallest absolute Gasteiger partial charge is 0.251 e. The fourth-order valence-corrected chi connectivity index (χ4v) is 5.23. The van der Waals surface area contributed by atoms with Crippen LogP contribution in [-0.4, -0.2) is 84.7 Å². The van der Waals surface area contributed by atoms with Crippen LogP contribution >= 0.6 is 0 Å². The van der Waals surface area contributed by atoms with Crippen LogP contribution in [0.25, 0.3) is 0 Å². The van der Waals surface area contributed by atoms with Crippen LogP contribution in [0.2, 0.25) is 0 Å². The number of fused-ring (bicyclic) bond motifs is 1. The number of likely N-dealkylation sites (tertiary alicyclic amines) is 2. The number of ketones is 1. The summed E-state index contributed by atoms with van der Waals surface area (Å²) in [5.41, 5.74) is 7.56. The second-order valence-electron chi connectivity index (χ2n) is 11.1. The molecule has 0 radical (unpaired) electrons. The first-order chi connectivity index (χ1) is 16.9. The van der Waals surface area contributed by atoms with E-state index >= 15 is 0 Å². The van der Waals surface area contributed by atoms with Crippen LogP contribution in [0.3, 0.4) is 0 Å². The van der Waals surface area contributed by atoms with E-state index in [9.17, 15) is 19.2 Å². The Morgan fingerprint density at radius 1 is 1.00 bits per heavy atom. The van der Waals surface area contributed by atoms with Gasteiger partial charge < -0.3 is 25.8 Å². The predicted octanol–water partition coefficient (Wildman–Crippen LogP) is 1.65. The summed E-state index contributed by atoms with van der Waals surface area (Å²) in [6, 6.07) is 4.71. The van der Waals surface area contributed by atoms with Gasteiger partial charge in [-0.15, -0.1) is 0 Å². The van der Waals surface area contributed by atoms with E-state index in [4.69, 9.17) is 5.73 Å². The molecule has 1 aromatic carbocycles. The van der Waals surface area contributed by atoms with Crippen molar-refractivity contribution < 1.29 is 19.2 Å². The number of anilines is 1. The van der Waals surface area contributed by atoms with E-state index in [1.54, 1.807) is 21.9 Å². The number of carbonyl (C=O) groups excluding carboxylic acids is 4. The third-order valence-corrected chi connectivity index (χ3v) is 6.99. The van der Waals surface area contributed by atoms with Gasteiger partial charge in [0.15, 0.2) is 5.78 Å². The van der Waals surface area contributed by atoms with Gasteiger partial charge in [0.25, 0.3) is 5.91 Å². The molecule has 198 valence electrons. The molecule has 0 saturated carbocycles. The number of rotatable bonds is 9. The SMILES string of the molecule is CC(C)C[C@H](NC(=O)c1ccc(N(C)C)cc1)C(=O)N1CC[C@@H]2[C@H]1C(=O)CN2C(=O)[C@@H](N)CC(C)C. The molecule has 0 unspecified atom stereocenters. The standard InChI is InChI=1S/C27H41N5O4/c1-16(2)13-20(28)26(35)32-15-23(33)24-22(32)11-12-31(24)27(36)21(14-17(3)4)29-25(34)18-7-9-19(10-8-18)30(5)6/h7-10,16-17,20-22,24H,11-15,28H2,1-6H3,(H,29,34)/t20-,21-,22+,24-/m0/s1. The lowest BCUT2D eigenvalue weighted by atomic mass is 10.0. The summed E-state index contributed by atoms with van der Waals surface area (Å²) >= 11 is 0. The molecule has 3 rings (SSSR count). The van der Waals surface area contributed by atoms with Gasteiger partial charge in [0, 0.05) is 31.9 Å². The number of amides is 3. The van der Waals surface area contributed by atoms with Crippen molar-refractivity contribution in [3.05, 3.63) is 29.8 Å². The number of carbonyl (C=O) groups is 4. The normalized spacial score (nSPS) is 21.1. The van der Waals surface area contributed by atoms with Gasteiger partial charge >= 0.3 is 0 Å². The zero-order valence-corrected chi connectivity index (χ0v) is 22.4. The summed E-state index contributed by atoms with van der Waals surface area (Å²) in [6.07, 6.45) is 1.52. The van der Waals surface area contributed by atoms with Gasteiger partial charge in [-0.2, -0.15) is 0 Å². The molecular weight excluding hydrogens is 458 g/mol. The third kappa shape index (κ3) is 6.06. The first kappa shape index (κ1) is 27.6. The minimum Gasteiger partial charge on any atom is -0.378 e. The number of benzene rings is 1. The van der Waals surface area contributed by atoms with E-state index in [1.165, 1.54) is 0 Å². The molecule has 0 aliphatic carbocycles. The van der Waals surface area contributed by atoms with Crippen molar-refractivity contribution in [2.24, 2.45) is 17.6 Å². The minimum atomic E-state index is -0.759. The van der Waals surface area contributed by atoms with Crippen molar-refractivity contribution in [1.29, 1.82) is 0 Å². The maximum atomic E-state index is 13.7. The topological polar surface area (TPSA) is 116 Å². The first-order valence-corrected chi connectivity index (χ1v) is 12.9. The highest BCUT2D eigenvalue weighted by Crippen LogP contribution is 2.31. The summed E-state index contributed by atoms with van der Waals surface area (Å²) in [7, 11) is 3.85. The first-order valence-electron chi connectivity index (χ1n) is 12.9. The van der Waals surface area contributed by atoms with Gasteiger partial charge in [0.1, 0.15) is 12.1 Å². The Balaban J connectivity index is 1.74. The Kier molecular flexibility index (Phi) is 8.76. The fraction of sp³-hybridized carbons (Fsp3) is 0.630. The van der Waals surface area contributed by atoms with E-state index in [0.29, 0.717) is 31.4 Å². The van der Waals surface area contributed by atoms with Gasteiger partial charge in [-0.25, -0.2) is 0 Å². The Labute approximate surface area is 214 Å². The summed E-state index contributed by atoms with van der Waals surface area (Å²) in [5.74, 6) is -0.566. The highest BCUT2D eigenvalue weighted by Gasteiger charge is 2.52. The van der Waals surface area contributed by atoms with Crippen molar-refractivity contribution in [1.82, 2.24) is 15.1 Å². The van der Waals surface area contributed by atoms with Crippen LogP contribution in [0, 0.1) is 11.8 Å². The lowest BCUT2D eigenvalue weighted by molar-refractivity contribution is -0.138. The molecule has 0 spiro atoms. The van der Waals surface area contributed by atoms with Crippen LogP contribution < -0.4 is 16.0 Å². The molecule has 2 aliphatic rings. The molecule has 4 atom stereocenters. The molecule has 3 amide bonds. The molecule has 3 N–H and O–H groups in total. The molecule has 0 bridgehead atoms. The second-order valence-corrected chi connectivity index (χ2v) is 11.1. The van der Waals surface area contributed by atoms with Crippen LogP contribution in [0.5, 0.6) is 0 Å². The number of hydrogen-bond donors (Lipinski definition) is 2. The van der Waals surface area contributed by atoms with Crippen molar-refractivity contribution in [3.63, 3.8) is 0 Å². The van der Waals surface area contributed by atoms with Crippen molar-refractivity contribution >= 4 is 29.2 Å². The summed E-state index contributed by atoms with van der Waals surface area (Å²) < 4.78 is 0. The molecular formula is C27H41N5O4. The van der Waals surface area contributed by atoms with Crippen molar-refractivity contribution in [2.75, 3.05) is 32.1 Å². The van der Waals surface area contributed by atoms with Crippen LogP contribution in [0.15, 0.2) is 24.3 Å². The maximum Gasteiger partial charge on any atom is 0.251 e. The van der Waals surface area contributed by atoms with Gasteiger partial charge in [0.2, 0.25) is 11.8 Å². The van der Waals surface area contributed by atoms with Gasteiger partial charge in [-0.3, -0.25) is 19.2 Å². The van der Waals surface area contributed by atoms with E-state index < -0.39 is 18.1 Å². The lowest BCUT2D eigenvalue weighted by Crippen LogP contribution is -2.53. The summed E-state index contributed by atoms with van der Waals surface area (Å²) in [5, 5.41) is 2.90. The minimum absolute atomic E-state index is 0.0246. The number of nitrogens with zero attached hydrogens (tertiary/aromatic N) is 3. The molecule has 2 aliphatic heterocycles. The van der Waals surface area contributed by atoms with Gasteiger partial charge in [0.05, 0.1) is 18.6 Å². The zero-order chi connectivity index (χ0) is 26.7. The molecule has 2 heterocycles. The van der Waals surface area contributed by atoms with Crippen LogP contribution in [0.1, 0.15) is 57.3 Å². The van der Waals surface area contributed by atoms with E-state index in [0.717, 1.165) is 5.69 Å². The predicted molar refractivity (Wildman–Crippen MR) is 140 cm³/mol. The monoisotopic (exact) mass is 499 g/mol. The van der Waals surface area contributed by atoms with Crippen LogP contribution in [0.4, 0.5) is 5.69 Å². The molecule has 9 nitrogen and oxygen atoms in total. The Bertz CT molecular complexity index is 975. The molecule has 9 heteroatoms. The number of hydrogen-bond acceptors (Lipinski definition) is 6. The number of Topliss-reactive ketones (excluding diaryl/α,β-unsaturated/α-hetero) is 1. The van der Waals surface area contributed by atoms with Crippen molar-refractivity contribution in [3.8, 4) is 0 Å². The zero-order valence-electron chi connectivity index (χ0n) is 22.4. The fourth-order valence-electron chi connectivity index (χ4n) is 5.23. The summed E-state index contributed by atoms with van der Waals surface area (Å²) in [6.45, 7) is 8.32. The molecule has 0 aromatic heterocycles. The highest BCUT2D eigenvalue weighted by molar-refractivity contribution is 6.01. The Morgan fingerprint density at radius 3 is 2.17 bits per heavy atom. The lowest BCUT2D eigenvalue weighted by Gasteiger charge is -2.29. The van der Waals surface area contributed by atoms with Crippen LogP contribution in [-0.2, 0) is 14.4 Å². The number of nitrogens with one attached hydrogen (secondary N) is 1. The highest BCUT2D eigenvalue weighted by atomic mass is 16.2.